The van der Waals surface area contributed by atoms with Crippen molar-refractivity contribution in [3.63, 3.8) is 0 Å². The molecular weight excluding hydrogens is 392 g/mol. The number of anilines is 1. The molecule has 7 heteroatoms. The van der Waals surface area contributed by atoms with Crippen LogP contribution in [0, 0.1) is 5.92 Å². The molecule has 3 rings (SSSR count). The minimum Gasteiger partial charge on any atom is -0.497 e. The summed E-state index contributed by atoms with van der Waals surface area (Å²) in [6, 6.07) is 17.6. The Morgan fingerprint density at radius 3 is 2.68 bits per heavy atom. The summed E-state index contributed by atoms with van der Waals surface area (Å²) in [7, 11) is 1.67. The van der Waals surface area contributed by atoms with E-state index >= 15 is 0 Å². The third-order valence-electron chi connectivity index (χ3n) is 5.61. The molecule has 0 bridgehead atoms. The summed E-state index contributed by atoms with van der Waals surface area (Å²) in [6.45, 7) is 5.49. The lowest BCUT2D eigenvalue weighted by molar-refractivity contribution is -0.130. The molecule has 2 N–H and O–H groups in total. The van der Waals surface area contributed by atoms with Crippen molar-refractivity contribution in [2.24, 2.45) is 5.92 Å². The van der Waals surface area contributed by atoms with E-state index in [4.69, 9.17) is 4.74 Å². The molecule has 1 fully saturated rings. The van der Waals surface area contributed by atoms with E-state index in [0.29, 0.717) is 25.6 Å². The lowest BCUT2D eigenvalue weighted by atomic mass is 10.1. The number of hydrogen-bond acceptors (Lipinski definition) is 4. The molecule has 0 aliphatic carbocycles. The number of benzene rings is 2. The van der Waals surface area contributed by atoms with Crippen LogP contribution in [0.5, 0.6) is 5.75 Å². The summed E-state index contributed by atoms with van der Waals surface area (Å²) < 4.78 is 5.30. The Kier molecular flexibility index (Phi) is 8.15. The van der Waals surface area contributed by atoms with Crippen molar-refractivity contribution in [3.8, 4) is 5.75 Å². The summed E-state index contributed by atoms with van der Waals surface area (Å²) in [5.74, 6) is 1.13. The largest absolute Gasteiger partial charge is 0.497 e. The molecule has 1 aliphatic rings. The quantitative estimate of drug-likeness (QED) is 0.649. The van der Waals surface area contributed by atoms with Crippen molar-refractivity contribution in [3.05, 3.63) is 60.2 Å². The van der Waals surface area contributed by atoms with Gasteiger partial charge in [0.15, 0.2) is 0 Å². The normalized spacial score (nSPS) is 15.4. The fourth-order valence-corrected chi connectivity index (χ4v) is 3.79. The second-order valence-corrected chi connectivity index (χ2v) is 7.76. The number of nitrogens with zero attached hydrogens (tertiary/aromatic N) is 2. The van der Waals surface area contributed by atoms with E-state index in [1.165, 1.54) is 0 Å². The average Bonchev–Trinajstić information content (AvgIpc) is 3.29. The zero-order valence-corrected chi connectivity index (χ0v) is 18.3. The number of hydrogen-bond donors (Lipinski definition) is 2. The Labute approximate surface area is 184 Å². The summed E-state index contributed by atoms with van der Waals surface area (Å²) in [4.78, 5) is 28.7. The minimum absolute atomic E-state index is 0.00684. The zero-order valence-electron chi connectivity index (χ0n) is 18.3. The highest BCUT2D eigenvalue weighted by Crippen LogP contribution is 2.26. The number of methoxy groups -OCH3 is 1. The molecular formula is C24H32N4O3. The van der Waals surface area contributed by atoms with Crippen LogP contribution in [-0.2, 0) is 11.3 Å². The summed E-state index contributed by atoms with van der Waals surface area (Å²) in [5.41, 5.74) is 2.21. The van der Waals surface area contributed by atoms with Crippen LogP contribution in [0.3, 0.4) is 0 Å². The van der Waals surface area contributed by atoms with Gasteiger partial charge in [-0.15, -0.1) is 0 Å². The zero-order chi connectivity index (χ0) is 22.1. The summed E-state index contributed by atoms with van der Waals surface area (Å²) >= 11 is 0. The monoisotopic (exact) mass is 424 g/mol. The van der Waals surface area contributed by atoms with Crippen molar-refractivity contribution in [2.75, 3.05) is 44.7 Å². The predicted octanol–water partition coefficient (Wildman–Crippen LogP) is 2.87. The Balaban J connectivity index is 1.38. The number of nitrogens with one attached hydrogen (secondary N) is 2. The maximum Gasteiger partial charge on any atom is 0.315 e. The molecule has 0 radical (unpaired) electrons. The number of rotatable bonds is 9. The summed E-state index contributed by atoms with van der Waals surface area (Å²) in [5, 5.41) is 5.60. The van der Waals surface area contributed by atoms with E-state index in [0.717, 1.165) is 36.5 Å². The highest BCUT2D eigenvalue weighted by atomic mass is 16.5. The number of ether oxygens (including phenoxy) is 1. The van der Waals surface area contributed by atoms with Crippen molar-refractivity contribution < 1.29 is 14.3 Å². The van der Waals surface area contributed by atoms with E-state index in [9.17, 15) is 9.59 Å². The maximum absolute atomic E-state index is 12.5. The molecule has 3 amide bonds. The number of urea groups is 1. The molecule has 1 aliphatic heterocycles. The molecule has 7 nitrogen and oxygen atoms in total. The highest BCUT2D eigenvalue weighted by Gasteiger charge is 2.23. The van der Waals surface area contributed by atoms with Crippen LogP contribution >= 0.6 is 0 Å². The fraction of sp³-hybridized carbons (Fsp3) is 0.417. The van der Waals surface area contributed by atoms with Gasteiger partial charge >= 0.3 is 6.03 Å². The van der Waals surface area contributed by atoms with Crippen LogP contribution in [0.15, 0.2) is 54.6 Å². The Bertz CT molecular complexity index is 859. The van der Waals surface area contributed by atoms with E-state index in [-0.39, 0.29) is 18.5 Å². The predicted molar refractivity (Wildman–Crippen MR) is 122 cm³/mol. The molecule has 1 saturated heterocycles. The van der Waals surface area contributed by atoms with Crippen LogP contribution in [0.2, 0.25) is 0 Å². The Morgan fingerprint density at radius 2 is 1.94 bits per heavy atom. The number of amides is 3. The van der Waals surface area contributed by atoms with Crippen molar-refractivity contribution >= 4 is 17.6 Å². The van der Waals surface area contributed by atoms with Crippen LogP contribution in [-0.4, -0.2) is 56.7 Å². The minimum atomic E-state index is -0.302. The number of carbonyl (C=O) groups excluding carboxylic acids is 2. The van der Waals surface area contributed by atoms with Gasteiger partial charge in [0.05, 0.1) is 13.7 Å². The molecule has 0 spiro atoms. The first-order chi connectivity index (χ1) is 15.1. The van der Waals surface area contributed by atoms with Gasteiger partial charge in [0, 0.05) is 44.5 Å². The second kappa shape index (κ2) is 11.2. The van der Waals surface area contributed by atoms with Crippen molar-refractivity contribution in [1.29, 1.82) is 0 Å². The first kappa shape index (κ1) is 22.5. The fourth-order valence-electron chi connectivity index (χ4n) is 3.79. The van der Waals surface area contributed by atoms with Gasteiger partial charge in [-0.2, -0.15) is 0 Å². The SMILES string of the molecule is CCN(Cc1ccccc1)C(=O)CNC(=O)NCC1CCN(c2cccc(OC)c2)C1. The van der Waals surface area contributed by atoms with Gasteiger partial charge < -0.3 is 25.2 Å². The molecule has 31 heavy (non-hydrogen) atoms. The van der Waals surface area contributed by atoms with Gasteiger partial charge in [0.1, 0.15) is 5.75 Å². The van der Waals surface area contributed by atoms with E-state index in [1.54, 1.807) is 12.0 Å². The number of carbonyl (C=O) groups is 2. The molecule has 166 valence electrons. The van der Waals surface area contributed by atoms with Gasteiger partial charge in [-0.3, -0.25) is 4.79 Å². The van der Waals surface area contributed by atoms with E-state index < -0.39 is 0 Å². The van der Waals surface area contributed by atoms with Crippen LogP contribution in [0.4, 0.5) is 10.5 Å². The van der Waals surface area contributed by atoms with Gasteiger partial charge in [-0.05, 0) is 37.0 Å². The van der Waals surface area contributed by atoms with Gasteiger partial charge in [0.2, 0.25) is 5.91 Å². The van der Waals surface area contributed by atoms with E-state index in [2.05, 4.69) is 21.6 Å². The molecule has 1 heterocycles. The van der Waals surface area contributed by atoms with Crippen LogP contribution in [0.25, 0.3) is 0 Å². The van der Waals surface area contributed by atoms with Crippen molar-refractivity contribution in [2.45, 2.75) is 19.9 Å². The molecule has 0 saturated carbocycles. The van der Waals surface area contributed by atoms with Gasteiger partial charge in [-0.1, -0.05) is 36.4 Å². The van der Waals surface area contributed by atoms with Crippen LogP contribution in [0.1, 0.15) is 18.9 Å². The molecule has 1 atom stereocenters. The highest BCUT2D eigenvalue weighted by molar-refractivity contribution is 5.84. The average molecular weight is 425 g/mol. The third-order valence-corrected chi connectivity index (χ3v) is 5.61. The lowest BCUT2D eigenvalue weighted by Crippen LogP contribution is -2.44. The molecule has 1 unspecified atom stereocenters. The second-order valence-electron chi connectivity index (χ2n) is 7.76. The van der Waals surface area contributed by atoms with Crippen molar-refractivity contribution in [1.82, 2.24) is 15.5 Å². The van der Waals surface area contributed by atoms with Gasteiger partial charge in [-0.25, -0.2) is 4.79 Å². The third kappa shape index (κ3) is 6.64. The molecule has 2 aromatic rings. The Morgan fingerprint density at radius 1 is 1.13 bits per heavy atom. The smallest absolute Gasteiger partial charge is 0.315 e. The van der Waals surface area contributed by atoms with Crippen LogP contribution < -0.4 is 20.3 Å². The summed E-state index contributed by atoms with van der Waals surface area (Å²) in [6.07, 6.45) is 1.01. The maximum atomic E-state index is 12.5. The number of likely N-dealkylation sites (N-methyl/N-ethyl adjacent to an activating group) is 1. The van der Waals surface area contributed by atoms with E-state index in [1.807, 2.05) is 55.5 Å². The van der Waals surface area contributed by atoms with Gasteiger partial charge in [0.25, 0.3) is 0 Å². The topological polar surface area (TPSA) is 73.9 Å². The molecule has 0 aromatic heterocycles. The molecule has 2 aromatic carbocycles. The Hall–Kier alpha value is -3.22. The lowest BCUT2D eigenvalue weighted by Gasteiger charge is -2.21. The first-order valence-electron chi connectivity index (χ1n) is 10.8. The first-order valence-corrected chi connectivity index (χ1v) is 10.8. The standard InChI is InChI=1S/C24H32N4O3/c1-3-27(17-19-8-5-4-6-9-19)23(29)16-26-24(30)25-15-20-12-13-28(18-20)21-10-7-11-22(14-21)31-2/h4-11,14,20H,3,12-13,15-18H2,1-2H3,(H2,25,26,30).